The maximum absolute atomic E-state index is 12.4. The van der Waals surface area contributed by atoms with Crippen molar-refractivity contribution in [1.82, 2.24) is 0 Å². The van der Waals surface area contributed by atoms with Crippen LogP contribution in [0.25, 0.3) is 0 Å². The third-order valence-electron chi connectivity index (χ3n) is 3.11. The van der Waals surface area contributed by atoms with Crippen molar-refractivity contribution in [3.63, 3.8) is 0 Å². The summed E-state index contributed by atoms with van der Waals surface area (Å²) in [5.74, 6) is -0.00806. The molecule has 1 amide bonds. The number of hydrogen-bond donors (Lipinski definition) is 0. The van der Waals surface area contributed by atoms with E-state index < -0.39 is 0 Å². The molecule has 0 heterocycles. The van der Waals surface area contributed by atoms with E-state index in [4.69, 9.17) is 0 Å². The van der Waals surface area contributed by atoms with Gasteiger partial charge in [0.2, 0.25) is 0 Å². The van der Waals surface area contributed by atoms with E-state index in [1.54, 1.807) is 11.9 Å². The summed E-state index contributed by atoms with van der Waals surface area (Å²) in [6.07, 6.45) is 0. The minimum Gasteiger partial charge on any atom is -0.311 e. The molecule has 0 saturated heterocycles. The molecule has 98 valence electrons. The van der Waals surface area contributed by atoms with E-state index in [0.717, 1.165) is 21.3 Å². The zero-order valence-electron chi connectivity index (χ0n) is 11.3. The van der Waals surface area contributed by atoms with Crippen LogP contribution in [0.1, 0.15) is 21.5 Å². The summed E-state index contributed by atoms with van der Waals surface area (Å²) in [6, 6.07) is 13.6. The summed E-state index contributed by atoms with van der Waals surface area (Å²) < 4.78 is 0.955. The highest BCUT2D eigenvalue weighted by Crippen LogP contribution is 2.21. The number of halogens is 1. The fourth-order valence-electron chi connectivity index (χ4n) is 1.87. The van der Waals surface area contributed by atoms with Gasteiger partial charge in [-0.25, -0.2) is 0 Å². The van der Waals surface area contributed by atoms with E-state index in [-0.39, 0.29) is 5.91 Å². The third kappa shape index (κ3) is 3.04. The number of carbonyl (C=O) groups excluding carboxylic acids is 1. The van der Waals surface area contributed by atoms with Crippen LogP contribution in [-0.2, 0) is 0 Å². The van der Waals surface area contributed by atoms with E-state index >= 15 is 0 Å². The first-order valence-electron chi connectivity index (χ1n) is 6.10. The normalized spacial score (nSPS) is 10.3. The lowest BCUT2D eigenvalue weighted by Gasteiger charge is -2.18. The maximum atomic E-state index is 12.4. The highest BCUT2D eigenvalue weighted by Gasteiger charge is 2.14. The van der Waals surface area contributed by atoms with Crippen molar-refractivity contribution in [2.75, 3.05) is 11.9 Å². The van der Waals surface area contributed by atoms with Crippen LogP contribution in [-0.4, -0.2) is 13.0 Å². The standard InChI is InChI=1S/C16H16BrNO/c1-11-5-4-6-14(9-11)18(3)16(19)13-8-7-12(2)15(17)10-13/h4-10H,1-3H3. The molecule has 19 heavy (non-hydrogen) atoms. The molecule has 0 saturated carbocycles. The summed E-state index contributed by atoms with van der Waals surface area (Å²) >= 11 is 3.46. The van der Waals surface area contributed by atoms with Crippen LogP contribution in [0.4, 0.5) is 5.69 Å². The first-order chi connectivity index (χ1) is 8.99. The van der Waals surface area contributed by atoms with E-state index in [1.807, 2.05) is 56.3 Å². The second kappa shape index (κ2) is 5.57. The predicted molar refractivity (Wildman–Crippen MR) is 82.8 cm³/mol. The molecule has 2 nitrogen and oxygen atoms in total. The van der Waals surface area contributed by atoms with Crippen molar-refractivity contribution >= 4 is 27.5 Å². The molecule has 0 aliphatic heterocycles. The van der Waals surface area contributed by atoms with Gasteiger partial charge in [0.05, 0.1) is 0 Å². The molecule has 0 aliphatic carbocycles. The SMILES string of the molecule is Cc1cccc(N(C)C(=O)c2ccc(C)c(Br)c2)c1. The summed E-state index contributed by atoms with van der Waals surface area (Å²) in [5.41, 5.74) is 3.85. The smallest absolute Gasteiger partial charge is 0.258 e. The molecule has 2 aromatic rings. The molecular formula is C16H16BrNO. The van der Waals surface area contributed by atoms with Gasteiger partial charge in [-0.3, -0.25) is 4.79 Å². The largest absolute Gasteiger partial charge is 0.311 e. The van der Waals surface area contributed by atoms with Gasteiger partial charge in [0, 0.05) is 22.8 Å². The van der Waals surface area contributed by atoms with Crippen molar-refractivity contribution in [2.24, 2.45) is 0 Å². The van der Waals surface area contributed by atoms with Gasteiger partial charge < -0.3 is 4.90 Å². The number of hydrogen-bond acceptors (Lipinski definition) is 1. The number of amides is 1. The summed E-state index contributed by atoms with van der Waals surface area (Å²) in [7, 11) is 1.80. The second-order valence-electron chi connectivity index (χ2n) is 4.67. The molecule has 3 heteroatoms. The molecule has 0 radical (unpaired) electrons. The van der Waals surface area contributed by atoms with E-state index in [9.17, 15) is 4.79 Å². The average molecular weight is 318 g/mol. The molecule has 0 aromatic heterocycles. The Morgan fingerprint density at radius 1 is 1.11 bits per heavy atom. The fraction of sp³-hybridized carbons (Fsp3) is 0.188. The Labute approximate surface area is 122 Å². The minimum atomic E-state index is -0.00806. The van der Waals surface area contributed by atoms with Gasteiger partial charge in [-0.15, -0.1) is 0 Å². The molecule has 2 rings (SSSR count). The number of nitrogens with zero attached hydrogens (tertiary/aromatic N) is 1. The lowest BCUT2D eigenvalue weighted by Crippen LogP contribution is -2.26. The van der Waals surface area contributed by atoms with Gasteiger partial charge in [-0.05, 0) is 49.2 Å². The topological polar surface area (TPSA) is 20.3 Å². The average Bonchev–Trinajstić information content (AvgIpc) is 2.40. The maximum Gasteiger partial charge on any atom is 0.258 e. The Hall–Kier alpha value is -1.61. The monoisotopic (exact) mass is 317 g/mol. The Morgan fingerprint density at radius 3 is 2.47 bits per heavy atom. The quantitative estimate of drug-likeness (QED) is 0.806. The molecule has 0 unspecified atom stereocenters. The van der Waals surface area contributed by atoms with Crippen molar-refractivity contribution in [3.8, 4) is 0 Å². The molecule has 0 bridgehead atoms. The van der Waals surface area contributed by atoms with E-state index in [1.165, 1.54) is 0 Å². The van der Waals surface area contributed by atoms with Crippen LogP contribution < -0.4 is 4.90 Å². The summed E-state index contributed by atoms with van der Waals surface area (Å²) in [6.45, 7) is 4.02. The molecule has 2 aromatic carbocycles. The highest BCUT2D eigenvalue weighted by molar-refractivity contribution is 9.10. The minimum absolute atomic E-state index is 0.00806. The fourth-order valence-corrected chi connectivity index (χ4v) is 2.25. The van der Waals surface area contributed by atoms with Gasteiger partial charge >= 0.3 is 0 Å². The Kier molecular flexibility index (Phi) is 4.05. The van der Waals surface area contributed by atoms with E-state index in [2.05, 4.69) is 15.9 Å². The Balaban J connectivity index is 2.30. The number of rotatable bonds is 2. The number of aryl methyl sites for hydroxylation is 2. The molecular weight excluding hydrogens is 302 g/mol. The zero-order chi connectivity index (χ0) is 14.0. The predicted octanol–water partition coefficient (Wildman–Crippen LogP) is 4.34. The molecule has 0 N–H and O–H groups in total. The van der Waals surface area contributed by atoms with Gasteiger partial charge in [-0.2, -0.15) is 0 Å². The van der Waals surface area contributed by atoms with E-state index in [0.29, 0.717) is 5.56 Å². The molecule has 0 spiro atoms. The molecule has 0 aliphatic rings. The van der Waals surface area contributed by atoms with Crippen molar-refractivity contribution < 1.29 is 4.79 Å². The van der Waals surface area contributed by atoms with Crippen molar-refractivity contribution in [2.45, 2.75) is 13.8 Å². The van der Waals surface area contributed by atoms with Crippen LogP contribution in [0, 0.1) is 13.8 Å². The first-order valence-corrected chi connectivity index (χ1v) is 6.89. The van der Waals surface area contributed by atoms with Gasteiger partial charge in [0.25, 0.3) is 5.91 Å². The van der Waals surface area contributed by atoms with Crippen LogP contribution in [0.5, 0.6) is 0 Å². The summed E-state index contributed by atoms with van der Waals surface area (Å²) in [4.78, 5) is 14.1. The number of anilines is 1. The van der Waals surface area contributed by atoms with Crippen LogP contribution in [0.15, 0.2) is 46.9 Å². The Bertz CT molecular complexity index is 622. The van der Waals surface area contributed by atoms with Crippen molar-refractivity contribution in [1.29, 1.82) is 0 Å². The Morgan fingerprint density at radius 2 is 1.84 bits per heavy atom. The molecule has 0 fully saturated rings. The second-order valence-corrected chi connectivity index (χ2v) is 5.52. The number of carbonyl (C=O) groups is 1. The van der Waals surface area contributed by atoms with Crippen LogP contribution in [0.3, 0.4) is 0 Å². The van der Waals surface area contributed by atoms with Crippen molar-refractivity contribution in [3.05, 3.63) is 63.6 Å². The van der Waals surface area contributed by atoms with Crippen LogP contribution >= 0.6 is 15.9 Å². The van der Waals surface area contributed by atoms with Gasteiger partial charge in [0.1, 0.15) is 0 Å². The van der Waals surface area contributed by atoms with Gasteiger partial charge in [0.15, 0.2) is 0 Å². The van der Waals surface area contributed by atoms with Crippen LogP contribution in [0.2, 0.25) is 0 Å². The van der Waals surface area contributed by atoms with Gasteiger partial charge in [-0.1, -0.05) is 34.1 Å². The highest BCUT2D eigenvalue weighted by atomic mass is 79.9. The molecule has 0 atom stereocenters. The lowest BCUT2D eigenvalue weighted by atomic mass is 10.1. The zero-order valence-corrected chi connectivity index (χ0v) is 12.9. The first kappa shape index (κ1) is 13.8. The number of benzene rings is 2. The lowest BCUT2D eigenvalue weighted by molar-refractivity contribution is 0.0993. The third-order valence-corrected chi connectivity index (χ3v) is 3.97. The summed E-state index contributed by atoms with van der Waals surface area (Å²) in [5, 5.41) is 0.